The fourth-order valence-electron chi connectivity index (χ4n) is 4.81. The van der Waals surface area contributed by atoms with Gasteiger partial charge in [0.25, 0.3) is 5.56 Å². The highest BCUT2D eigenvalue weighted by Crippen LogP contribution is 2.42. The molecule has 3 aliphatic heterocycles. The SMILES string of the molecule is CC(=O)N1C[C@H]2C[C@@H](C1)[C@H](C(=O)N1CCCCC1)n1c2cccc1=O. The van der Waals surface area contributed by atoms with E-state index in [1.54, 1.807) is 23.6 Å². The fourth-order valence-corrected chi connectivity index (χ4v) is 4.81. The standard InChI is InChI=1S/C19H25N3O3/c1-13(23)21-11-14-10-15(12-21)18(19(25)20-8-3-2-4-9-20)22-16(14)6-5-7-17(22)24/h5-7,14-15,18H,2-4,8-12H2,1H3/t14-,15+,18-/m1/s1. The van der Waals surface area contributed by atoms with Crippen LogP contribution in [0.5, 0.6) is 0 Å². The van der Waals surface area contributed by atoms with Crippen molar-refractivity contribution in [2.24, 2.45) is 5.92 Å². The first-order chi connectivity index (χ1) is 12.1. The third kappa shape index (κ3) is 2.77. The highest BCUT2D eigenvalue weighted by atomic mass is 16.2. The van der Waals surface area contributed by atoms with E-state index in [4.69, 9.17) is 0 Å². The largest absolute Gasteiger partial charge is 0.342 e. The van der Waals surface area contributed by atoms with Gasteiger partial charge < -0.3 is 9.80 Å². The van der Waals surface area contributed by atoms with Crippen LogP contribution in [0.15, 0.2) is 23.0 Å². The molecule has 0 unspecified atom stereocenters. The van der Waals surface area contributed by atoms with Crippen molar-refractivity contribution < 1.29 is 9.59 Å². The number of amides is 2. The maximum absolute atomic E-state index is 13.3. The van der Waals surface area contributed by atoms with Gasteiger partial charge in [0.15, 0.2) is 0 Å². The Bertz CT molecular complexity index is 751. The predicted molar refractivity (Wildman–Crippen MR) is 93.3 cm³/mol. The zero-order valence-corrected chi connectivity index (χ0v) is 14.7. The van der Waals surface area contributed by atoms with Gasteiger partial charge in [0.2, 0.25) is 11.8 Å². The molecule has 6 nitrogen and oxygen atoms in total. The van der Waals surface area contributed by atoms with E-state index in [0.717, 1.165) is 44.5 Å². The summed E-state index contributed by atoms with van der Waals surface area (Å²) in [5, 5.41) is 0. The van der Waals surface area contributed by atoms with Crippen molar-refractivity contribution in [1.82, 2.24) is 14.4 Å². The van der Waals surface area contributed by atoms with Crippen molar-refractivity contribution in [2.75, 3.05) is 26.2 Å². The van der Waals surface area contributed by atoms with E-state index in [1.165, 1.54) is 0 Å². The molecule has 0 N–H and O–H groups in total. The summed E-state index contributed by atoms with van der Waals surface area (Å²) < 4.78 is 1.73. The lowest BCUT2D eigenvalue weighted by molar-refractivity contribution is -0.142. The summed E-state index contributed by atoms with van der Waals surface area (Å²) in [6.45, 7) is 4.34. The van der Waals surface area contributed by atoms with Crippen LogP contribution in [0, 0.1) is 5.92 Å². The Balaban J connectivity index is 1.76. The molecule has 1 aromatic heterocycles. The molecule has 3 aliphatic rings. The number of piperidine rings is 2. The minimum Gasteiger partial charge on any atom is -0.342 e. The number of carbonyl (C=O) groups excluding carboxylic acids is 2. The Morgan fingerprint density at radius 3 is 2.52 bits per heavy atom. The zero-order chi connectivity index (χ0) is 17.6. The first-order valence-electron chi connectivity index (χ1n) is 9.32. The van der Waals surface area contributed by atoms with Crippen LogP contribution < -0.4 is 5.56 Å². The van der Waals surface area contributed by atoms with Gasteiger partial charge in [-0.3, -0.25) is 19.0 Å². The van der Waals surface area contributed by atoms with Crippen molar-refractivity contribution in [3.05, 3.63) is 34.2 Å². The molecule has 4 rings (SSSR count). The Morgan fingerprint density at radius 2 is 1.80 bits per heavy atom. The topological polar surface area (TPSA) is 62.6 Å². The summed E-state index contributed by atoms with van der Waals surface area (Å²) in [5.41, 5.74) is 0.809. The van der Waals surface area contributed by atoms with Gasteiger partial charge in [0, 0.05) is 56.7 Å². The van der Waals surface area contributed by atoms with Crippen LogP contribution in [0.3, 0.4) is 0 Å². The van der Waals surface area contributed by atoms with E-state index in [0.29, 0.717) is 13.1 Å². The van der Waals surface area contributed by atoms with Crippen LogP contribution in [-0.4, -0.2) is 52.4 Å². The molecule has 25 heavy (non-hydrogen) atoms. The van der Waals surface area contributed by atoms with Gasteiger partial charge in [-0.2, -0.15) is 0 Å². The van der Waals surface area contributed by atoms with Gasteiger partial charge in [-0.1, -0.05) is 6.07 Å². The maximum atomic E-state index is 13.3. The lowest BCUT2D eigenvalue weighted by Crippen LogP contribution is -2.55. The Labute approximate surface area is 147 Å². The zero-order valence-electron chi connectivity index (χ0n) is 14.7. The van der Waals surface area contributed by atoms with E-state index < -0.39 is 6.04 Å². The van der Waals surface area contributed by atoms with Crippen molar-refractivity contribution in [2.45, 2.75) is 44.6 Å². The molecule has 134 valence electrons. The van der Waals surface area contributed by atoms with Crippen LogP contribution in [0.1, 0.15) is 50.3 Å². The number of hydrogen-bond acceptors (Lipinski definition) is 3. The third-order valence-corrected chi connectivity index (χ3v) is 6.01. The Hall–Kier alpha value is -2.11. The molecule has 0 radical (unpaired) electrons. The van der Waals surface area contributed by atoms with Gasteiger partial charge in [0.05, 0.1) is 0 Å². The first-order valence-corrected chi connectivity index (χ1v) is 9.32. The number of likely N-dealkylation sites (tertiary alicyclic amines) is 2. The summed E-state index contributed by atoms with van der Waals surface area (Å²) in [6, 6.07) is 4.79. The second-order valence-corrected chi connectivity index (χ2v) is 7.61. The van der Waals surface area contributed by atoms with Gasteiger partial charge in [-0.25, -0.2) is 0 Å². The number of nitrogens with zero attached hydrogens (tertiary/aromatic N) is 3. The number of aromatic nitrogens is 1. The van der Waals surface area contributed by atoms with Gasteiger partial charge in [0.1, 0.15) is 6.04 Å². The van der Waals surface area contributed by atoms with Gasteiger partial charge in [-0.05, 0) is 31.7 Å². The molecule has 0 aromatic carbocycles. The molecule has 1 aromatic rings. The van der Waals surface area contributed by atoms with Crippen LogP contribution in [-0.2, 0) is 9.59 Å². The van der Waals surface area contributed by atoms with E-state index in [-0.39, 0.29) is 29.2 Å². The van der Waals surface area contributed by atoms with E-state index in [2.05, 4.69) is 0 Å². The van der Waals surface area contributed by atoms with E-state index >= 15 is 0 Å². The molecule has 2 saturated heterocycles. The average Bonchev–Trinajstić information content (AvgIpc) is 2.63. The normalized spacial score (nSPS) is 28.4. The second kappa shape index (κ2) is 6.32. The molecule has 0 saturated carbocycles. The summed E-state index contributed by atoms with van der Waals surface area (Å²) in [5.74, 6) is 0.264. The lowest BCUT2D eigenvalue weighted by atomic mass is 9.78. The van der Waals surface area contributed by atoms with Crippen LogP contribution in [0.25, 0.3) is 0 Å². The summed E-state index contributed by atoms with van der Waals surface area (Å²) in [6.07, 6.45) is 4.09. The molecule has 6 heteroatoms. The smallest absolute Gasteiger partial charge is 0.251 e. The number of pyridine rings is 1. The van der Waals surface area contributed by atoms with Crippen LogP contribution >= 0.6 is 0 Å². The predicted octanol–water partition coefficient (Wildman–Crippen LogP) is 1.37. The molecule has 3 atom stereocenters. The van der Waals surface area contributed by atoms with Crippen molar-refractivity contribution in [3.8, 4) is 0 Å². The van der Waals surface area contributed by atoms with Crippen molar-refractivity contribution in [1.29, 1.82) is 0 Å². The summed E-state index contributed by atoms with van der Waals surface area (Å²) in [4.78, 5) is 41.6. The highest BCUT2D eigenvalue weighted by Gasteiger charge is 2.45. The number of hydrogen-bond donors (Lipinski definition) is 0. The lowest BCUT2D eigenvalue weighted by Gasteiger charge is -2.47. The summed E-state index contributed by atoms with van der Waals surface area (Å²) in [7, 11) is 0. The Kier molecular flexibility index (Phi) is 4.13. The molecular weight excluding hydrogens is 318 g/mol. The quantitative estimate of drug-likeness (QED) is 0.774. The van der Waals surface area contributed by atoms with Crippen LogP contribution in [0.4, 0.5) is 0 Å². The Morgan fingerprint density at radius 1 is 1.04 bits per heavy atom. The number of fused-ring (bicyclic) bond motifs is 4. The van der Waals surface area contributed by atoms with Gasteiger partial charge >= 0.3 is 0 Å². The molecule has 2 bridgehead atoms. The van der Waals surface area contributed by atoms with E-state index in [1.807, 2.05) is 15.9 Å². The van der Waals surface area contributed by atoms with Crippen molar-refractivity contribution in [3.63, 3.8) is 0 Å². The fraction of sp³-hybridized carbons (Fsp3) is 0.632. The minimum absolute atomic E-state index is 0.0182. The maximum Gasteiger partial charge on any atom is 0.251 e. The molecule has 0 aliphatic carbocycles. The van der Waals surface area contributed by atoms with Gasteiger partial charge in [-0.15, -0.1) is 0 Å². The molecule has 0 spiro atoms. The highest BCUT2D eigenvalue weighted by molar-refractivity contribution is 5.82. The molecule has 2 fully saturated rings. The molecule has 2 amide bonds. The first kappa shape index (κ1) is 16.4. The number of rotatable bonds is 1. The molecule has 4 heterocycles. The summed E-state index contributed by atoms with van der Waals surface area (Å²) >= 11 is 0. The van der Waals surface area contributed by atoms with Crippen molar-refractivity contribution >= 4 is 11.8 Å². The monoisotopic (exact) mass is 343 g/mol. The van der Waals surface area contributed by atoms with Crippen LogP contribution in [0.2, 0.25) is 0 Å². The molecular formula is C19H25N3O3. The minimum atomic E-state index is -0.472. The number of carbonyl (C=O) groups is 2. The second-order valence-electron chi connectivity index (χ2n) is 7.61. The van der Waals surface area contributed by atoms with E-state index in [9.17, 15) is 14.4 Å². The average molecular weight is 343 g/mol. The third-order valence-electron chi connectivity index (χ3n) is 6.01.